The van der Waals surface area contributed by atoms with Gasteiger partial charge in [0.05, 0.1) is 6.61 Å². The van der Waals surface area contributed by atoms with Crippen molar-refractivity contribution in [3.05, 3.63) is 0 Å². The van der Waals surface area contributed by atoms with E-state index in [1.165, 1.54) is 0 Å². The Morgan fingerprint density at radius 2 is 1.94 bits per heavy atom. The Labute approximate surface area is 97.1 Å². The summed E-state index contributed by atoms with van der Waals surface area (Å²) in [6.07, 6.45) is 1.78. The molecule has 0 atom stereocenters. The maximum Gasteiger partial charge on any atom is 0.315 e. The molecule has 0 spiro atoms. The molecule has 94 valence electrons. The lowest BCUT2D eigenvalue weighted by atomic mass is 10.3. The van der Waals surface area contributed by atoms with Gasteiger partial charge in [-0.05, 0) is 40.4 Å². The number of carbonyl (C=O) groups excluding carboxylic acids is 2. The van der Waals surface area contributed by atoms with Crippen LogP contribution in [-0.2, 0) is 14.3 Å². The second-order valence-corrected chi connectivity index (χ2v) is 3.84. The minimum Gasteiger partial charge on any atom is -0.466 e. The lowest BCUT2D eigenvalue weighted by Crippen LogP contribution is -2.27. The lowest BCUT2D eigenvalue weighted by molar-refractivity contribution is -0.145. The predicted octanol–water partition coefficient (Wildman–Crippen LogP) is 0.398. The Morgan fingerprint density at radius 3 is 2.50 bits per heavy atom. The summed E-state index contributed by atoms with van der Waals surface area (Å²) in [5, 5.41) is 2.69. The summed E-state index contributed by atoms with van der Waals surface area (Å²) in [5.41, 5.74) is 0. The SMILES string of the molecule is CCOC(=O)CC(=O)NCCCCN(C)C. The lowest BCUT2D eigenvalue weighted by Gasteiger charge is -2.09. The van der Waals surface area contributed by atoms with Gasteiger partial charge >= 0.3 is 5.97 Å². The van der Waals surface area contributed by atoms with Gasteiger partial charge in [-0.2, -0.15) is 0 Å². The number of ether oxygens (including phenoxy) is 1. The molecule has 0 heterocycles. The van der Waals surface area contributed by atoms with E-state index in [0.717, 1.165) is 19.4 Å². The number of hydrogen-bond acceptors (Lipinski definition) is 4. The molecule has 0 unspecified atom stereocenters. The van der Waals surface area contributed by atoms with Crippen molar-refractivity contribution in [1.29, 1.82) is 0 Å². The minimum atomic E-state index is -0.465. The van der Waals surface area contributed by atoms with Gasteiger partial charge in [-0.15, -0.1) is 0 Å². The van der Waals surface area contributed by atoms with Crippen molar-refractivity contribution in [2.45, 2.75) is 26.2 Å². The monoisotopic (exact) mass is 230 g/mol. The van der Waals surface area contributed by atoms with E-state index in [2.05, 4.69) is 15.0 Å². The fraction of sp³-hybridized carbons (Fsp3) is 0.818. The number of unbranched alkanes of at least 4 members (excludes halogenated alkanes) is 1. The average Bonchev–Trinajstić information content (AvgIpc) is 2.16. The highest BCUT2D eigenvalue weighted by Gasteiger charge is 2.08. The number of nitrogens with zero attached hydrogens (tertiary/aromatic N) is 1. The first kappa shape index (κ1) is 14.9. The third-order valence-corrected chi connectivity index (χ3v) is 1.96. The first-order valence-electron chi connectivity index (χ1n) is 5.63. The number of hydrogen-bond donors (Lipinski definition) is 1. The third kappa shape index (κ3) is 9.45. The largest absolute Gasteiger partial charge is 0.466 e. The summed E-state index contributed by atoms with van der Waals surface area (Å²) in [6.45, 7) is 3.66. The van der Waals surface area contributed by atoms with Gasteiger partial charge in [0.1, 0.15) is 6.42 Å². The zero-order valence-corrected chi connectivity index (χ0v) is 10.4. The van der Waals surface area contributed by atoms with Crippen molar-refractivity contribution < 1.29 is 14.3 Å². The van der Waals surface area contributed by atoms with Crippen LogP contribution in [0.25, 0.3) is 0 Å². The van der Waals surface area contributed by atoms with Gasteiger partial charge in [0.15, 0.2) is 0 Å². The maximum absolute atomic E-state index is 11.2. The van der Waals surface area contributed by atoms with Crippen LogP contribution in [0.15, 0.2) is 0 Å². The van der Waals surface area contributed by atoms with Gasteiger partial charge in [0, 0.05) is 6.54 Å². The van der Waals surface area contributed by atoms with Gasteiger partial charge in [0.2, 0.25) is 5.91 Å². The molecular weight excluding hydrogens is 208 g/mol. The van der Waals surface area contributed by atoms with Crippen molar-refractivity contribution in [3.8, 4) is 0 Å². The van der Waals surface area contributed by atoms with Gasteiger partial charge in [-0.1, -0.05) is 0 Å². The smallest absolute Gasteiger partial charge is 0.315 e. The maximum atomic E-state index is 11.2. The number of nitrogens with one attached hydrogen (secondary N) is 1. The van der Waals surface area contributed by atoms with Crippen LogP contribution in [0.1, 0.15) is 26.2 Å². The fourth-order valence-corrected chi connectivity index (χ4v) is 1.19. The summed E-state index contributed by atoms with van der Waals surface area (Å²) in [5.74, 6) is -0.725. The van der Waals surface area contributed by atoms with E-state index >= 15 is 0 Å². The van der Waals surface area contributed by atoms with E-state index in [4.69, 9.17) is 0 Å². The van der Waals surface area contributed by atoms with Crippen LogP contribution in [0.5, 0.6) is 0 Å². The van der Waals surface area contributed by atoms with Gasteiger partial charge in [0.25, 0.3) is 0 Å². The molecular formula is C11H22N2O3. The number of carbonyl (C=O) groups is 2. The zero-order valence-electron chi connectivity index (χ0n) is 10.4. The quantitative estimate of drug-likeness (QED) is 0.372. The molecule has 0 aromatic heterocycles. The Hall–Kier alpha value is -1.10. The second kappa shape index (κ2) is 9.15. The normalized spacial score (nSPS) is 10.2. The standard InChI is InChI=1S/C11H22N2O3/c1-4-16-11(15)9-10(14)12-7-5-6-8-13(2)3/h4-9H2,1-3H3,(H,12,14). The molecule has 0 aliphatic heterocycles. The molecule has 0 aromatic carbocycles. The van der Waals surface area contributed by atoms with Crippen molar-refractivity contribution in [1.82, 2.24) is 10.2 Å². The molecule has 16 heavy (non-hydrogen) atoms. The predicted molar refractivity (Wildman–Crippen MR) is 62.0 cm³/mol. The van der Waals surface area contributed by atoms with Crippen molar-refractivity contribution in [2.75, 3.05) is 33.8 Å². The molecule has 1 amide bonds. The summed E-state index contributed by atoms with van der Waals surface area (Å²) >= 11 is 0. The molecule has 0 radical (unpaired) electrons. The number of amides is 1. The first-order chi connectivity index (χ1) is 7.56. The molecule has 0 aliphatic carbocycles. The average molecular weight is 230 g/mol. The van der Waals surface area contributed by atoms with E-state index in [-0.39, 0.29) is 12.3 Å². The van der Waals surface area contributed by atoms with Crippen molar-refractivity contribution in [3.63, 3.8) is 0 Å². The van der Waals surface area contributed by atoms with Crippen LogP contribution in [0.3, 0.4) is 0 Å². The highest BCUT2D eigenvalue weighted by molar-refractivity contribution is 5.94. The molecule has 1 N–H and O–H groups in total. The van der Waals surface area contributed by atoms with E-state index in [0.29, 0.717) is 13.2 Å². The van der Waals surface area contributed by atoms with Gasteiger partial charge in [-0.3, -0.25) is 9.59 Å². The summed E-state index contributed by atoms with van der Waals surface area (Å²) in [6, 6.07) is 0. The number of esters is 1. The topological polar surface area (TPSA) is 58.6 Å². The van der Waals surface area contributed by atoms with Crippen LogP contribution in [0.2, 0.25) is 0 Å². The third-order valence-electron chi connectivity index (χ3n) is 1.96. The van der Waals surface area contributed by atoms with Crippen LogP contribution >= 0.6 is 0 Å². The summed E-state index contributed by atoms with van der Waals surface area (Å²) in [4.78, 5) is 24.2. The van der Waals surface area contributed by atoms with E-state index < -0.39 is 5.97 Å². The van der Waals surface area contributed by atoms with Crippen molar-refractivity contribution in [2.24, 2.45) is 0 Å². The van der Waals surface area contributed by atoms with Gasteiger partial charge < -0.3 is 15.0 Å². The minimum absolute atomic E-state index is 0.179. The molecule has 5 heteroatoms. The molecule has 0 bridgehead atoms. The van der Waals surface area contributed by atoms with Crippen LogP contribution in [0, 0.1) is 0 Å². The Morgan fingerprint density at radius 1 is 1.25 bits per heavy atom. The van der Waals surface area contributed by atoms with E-state index in [1.807, 2.05) is 14.1 Å². The van der Waals surface area contributed by atoms with Crippen molar-refractivity contribution >= 4 is 11.9 Å². The molecule has 0 aliphatic rings. The Balaban J connectivity index is 3.40. The Kier molecular flexibility index (Phi) is 8.52. The molecule has 0 fully saturated rings. The van der Waals surface area contributed by atoms with E-state index in [9.17, 15) is 9.59 Å². The molecule has 0 saturated heterocycles. The van der Waals surface area contributed by atoms with Crippen LogP contribution in [-0.4, -0.2) is 50.6 Å². The molecule has 0 aromatic rings. The fourth-order valence-electron chi connectivity index (χ4n) is 1.19. The Bertz CT molecular complexity index is 217. The number of rotatable bonds is 8. The molecule has 0 saturated carbocycles. The van der Waals surface area contributed by atoms with Crippen LogP contribution < -0.4 is 5.32 Å². The second-order valence-electron chi connectivity index (χ2n) is 3.84. The summed E-state index contributed by atoms with van der Waals surface area (Å²) in [7, 11) is 4.03. The first-order valence-corrected chi connectivity index (χ1v) is 5.63. The highest BCUT2D eigenvalue weighted by Crippen LogP contribution is 1.90. The molecule has 5 nitrogen and oxygen atoms in total. The van der Waals surface area contributed by atoms with Crippen LogP contribution in [0.4, 0.5) is 0 Å². The molecule has 0 rings (SSSR count). The zero-order chi connectivity index (χ0) is 12.4. The van der Waals surface area contributed by atoms with Gasteiger partial charge in [-0.25, -0.2) is 0 Å². The van der Waals surface area contributed by atoms with E-state index in [1.54, 1.807) is 6.92 Å². The highest BCUT2D eigenvalue weighted by atomic mass is 16.5. The summed E-state index contributed by atoms with van der Waals surface area (Å²) < 4.78 is 4.67.